The topological polar surface area (TPSA) is 39.2 Å². The first kappa shape index (κ1) is 10.2. The molecule has 0 bridgehead atoms. The van der Waals surface area contributed by atoms with E-state index in [-0.39, 0.29) is 5.41 Å². The SMILES string of the molecule is CC(C)(C)c1ccc2occ(CN)c2c1. The normalized spacial score (nSPS) is 12.3. The Morgan fingerprint density at radius 2 is 2.00 bits per heavy atom. The zero-order valence-corrected chi connectivity index (χ0v) is 9.50. The average Bonchev–Trinajstić information content (AvgIpc) is 2.57. The molecule has 0 unspecified atom stereocenters. The first-order valence-electron chi connectivity index (χ1n) is 5.23. The minimum atomic E-state index is 0.164. The molecule has 0 amide bonds. The van der Waals surface area contributed by atoms with Gasteiger partial charge in [-0.15, -0.1) is 0 Å². The number of benzene rings is 1. The van der Waals surface area contributed by atoms with Crippen molar-refractivity contribution in [2.24, 2.45) is 5.73 Å². The lowest BCUT2D eigenvalue weighted by Crippen LogP contribution is -2.10. The van der Waals surface area contributed by atoms with Gasteiger partial charge in [0.15, 0.2) is 0 Å². The quantitative estimate of drug-likeness (QED) is 0.773. The molecular weight excluding hydrogens is 186 g/mol. The summed E-state index contributed by atoms with van der Waals surface area (Å²) < 4.78 is 5.43. The molecule has 2 nitrogen and oxygen atoms in total. The van der Waals surface area contributed by atoms with Crippen LogP contribution in [0.5, 0.6) is 0 Å². The highest BCUT2D eigenvalue weighted by Crippen LogP contribution is 2.28. The fourth-order valence-electron chi connectivity index (χ4n) is 1.71. The largest absolute Gasteiger partial charge is 0.464 e. The molecule has 0 saturated heterocycles. The summed E-state index contributed by atoms with van der Waals surface area (Å²) in [5.41, 5.74) is 9.13. The molecule has 0 radical (unpaired) electrons. The van der Waals surface area contributed by atoms with E-state index in [9.17, 15) is 0 Å². The van der Waals surface area contributed by atoms with E-state index in [1.54, 1.807) is 6.26 Å². The predicted molar refractivity (Wildman–Crippen MR) is 62.8 cm³/mol. The number of fused-ring (bicyclic) bond motifs is 1. The van der Waals surface area contributed by atoms with E-state index in [2.05, 4.69) is 32.9 Å². The summed E-state index contributed by atoms with van der Waals surface area (Å²) in [6.07, 6.45) is 1.75. The first-order chi connectivity index (χ1) is 7.02. The van der Waals surface area contributed by atoms with Crippen LogP contribution in [0.4, 0.5) is 0 Å². The van der Waals surface area contributed by atoms with E-state index in [4.69, 9.17) is 10.2 Å². The maximum atomic E-state index is 5.66. The van der Waals surface area contributed by atoms with Crippen molar-refractivity contribution in [3.05, 3.63) is 35.6 Å². The molecule has 0 aliphatic carbocycles. The van der Waals surface area contributed by atoms with Crippen LogP contribution in [0.25, 0.3) is 11.0 Å². The molecule has 15 heavy (non-hydrogen) atoms. The van der Waals surface area contributed by atoms with E-state index >= 15 is 0 Å². The summed E-state index contributed by atoms with van der Waals surface area (Å²) in [5.74, 6) is 0. The van der Waals surface area contributed by atoms with Crippen LogP contribution in [0, 0.1) is 0 Å². The Morgan fingerprint density at radius 1 is 1.27 bits per heavy atom. The third-order valence-electron chi connectivity index (χ3n) is 2.74. The van der Waals surface area contributed by atoms with E-state index in [0.717, 1.165) is 16.5 Å². The smallest absolute Gasteiger partial charge is 0.134 e. The summed E-state index contributed by atoms with van der Waals surface area (Å²) in [4.78, 5) is 0. The monoisotopic (exact) mass is 203 g/mol. The van der Waals surface area contributed by atoms with Gasteiger partial charge in [-0.1, -0.05) is 26.8 Å². The molecule has 2 N–H and O–H groups in total. The van der Waals surface area contributed by atoms with E-state index in [1.165, 1.54) is 5.56 Å². The number of nitrogens with two attached hydrogens (primary N) is 1. The minimum Gasteiger partial charge on any atom is -0.464 e. The zero-order valence-electron chi connectivity index (χ0n) is 9.50. The lowest BCUT2D eigenvalue weighted by molar-refractivity contribution is 0.589. The number of hydrogen-bond donors (Lipinski definition) is 1. The first-order valence-corrected chi connectivity index (χ1v) is 5.23. The van der Waals surface area contributed by atoms with Crippen LogP contribution in [-0.4, -0.2) is 0 Å². The molecule has 1 aromatic carbocycles. The highest BCUT2D eigenvalue weighted by molar-refractivity contribution is 5.82. The van der Waals surface area contributed by atoms with Gasteiger partial charge < -0.3 is 10.2 Å². The number of rotatable bonds is 1. The maximum absolute atomic E-state index is 5.66. The highest BCUT2D eigenvalue weighted by atomic mass is 16.3. The Balaban J connectivity index is 2.63. The van der Waals surface area contributed by atoms with Gasteiger partial charge in [-0.25, -0.2) is 0 Å². The van der Waals surface area contributed by atoms with Gasteiger partial charge in [0.05, 0.1) is 6.26 Å². The summed E-state index contributed by atoms with van der Waals surface area (Å²) in [7, 11) is 0. The van der Waals surface area contributed by atoms with Gasteiger partial charge >= 0.3 is 0 Å². The van der Waals surface area contributed by atoms with Crippen molar-refractivity contribution < 1.29 is 4.42 Å². The zero-order chi connectivity index (χ0) is 11.1. The molecule has 0 saturated carbocycles. The Labute approximate surface area is 90.1 Å². The lowest BCUT2D eigenvalue weighted by atomic mass is 9.86. The van der Waals surface area contributed by atoms with Gasteiger partial charge in [0.2, 0.25) is 0 Å². The molecule has 2 rings (SSSR count). The number of hydrogen-bond acceptors (Lipinski definition) is 2. The van der Waals surface area contributed by atoms with Crippen molar-refractivity contribution in [3.63, 3.8) is 0 Å². The second-order valence-electron chi connectivity index (χ2n) is 4.93. The van der Waals surface area contributed by atoms with Crippen molar-refractivity contribution in [1.82, 2.24) is 0 Å². The molecule has 2 aromatic rings. The van der Waals surface area contributed by atoms with Crippen LogP contribution >= 0.6 is 0 Å². The maximum Gasteiger partial charge on any atom is 0.134 e. The van der Waals surface area contributed by atoms with Crippen molar-refractivity contribution in [3.8, 4) is 0 Å². The van der Waals surface area contributed by atoms with Crippen molar-refractivity contribution in [2.45, 2.75) is 32.7 Å². The fraction of sp³-hybridized carbons (Fsp3) is 0.385. The van der Waals surface area contributed by atoms with Crippen LogP contribution in [0.2, 0.25) is 0 Å². The third-order valence-corrected chi connectivity index (χ3v) is 2.74. The molecule has 0 aliphatic rings. The van der Waals surface area contributed by atoms with Crippen molar-refractivity contribution in [2.75, 3.05) is 0 Å². The highest BCUT2D eigenvalue weighted by Gasteiger charge is 2.15. The summed E-state index contributed by atoms with van der Waals surface area (Å²) >= 11 is 0. The average molecular weight is 203 g/mol. The molecule has 1 heterocycles. The minimum absolute atomic E-state index is 0.164. The van der Waals surface area contributed by atoms with E-state index in [1.807, 2.05) is 6.07 Å². The van der Waals surface area contributed by atoms with Gasteiger partial charge in [0.25, 0.3) is 0 Å². The standard InChI is InChI=1S/C13H17NO/c1-13(2,3)10-4-5-12-11(6-10)9(7-14)8-15-12/h4-6,8H,7,14H2,1-3H3. The van der Waals surface area contributed by atoms with Crippen LogP contribution < -0.4 is 5.73 Å². The van der Waals surface area contributed by atoms with E-state index in [0.29, 0.717) is 6.54 Å². The number of furan rings is 1. The molecule has 0 aliphatic heterocycles. The van der Waals surface area contributed by atoms with Crippen LogP contribution in [0.1, 0.15) is 31.9 Å². The third kappa shape index (κ3) is 1.77. The summed E-state index contributed by atoms with van der Waals surface area (Å²) in [6.45, 7) is 7.14. The molecule has 80 valence electrons. The van der Waals surface area contributed by atoms with Gasteiger partial charge in [-0.2, -0.15) is 0 Å². The molecule has 1 aromatic heterocycles. The lowest BCUT2D eigenvalue weighted by Gasteiger charge is -2.18. The second-order valence-corrected chi connectivity index (χ2v) is 4.93. The van der Waals surface area contributed by atoms with Gasteiger partial charge in [0, 0.05) is 17.5 Å². The second kappa shape index (κ2) is 3.38. The molecule has 0 spiro atoms. The Kier molecular flexibility index (Phi) is 2.31. The van der Waals surface area contributed by atoms with Crippen LogP contribution in [0.15, 0.2) is 28.9 Å². The van der Waals surface area contributed by atoms with Crippen LogP contribution in [-0.2, 0) is 12.0 Å². The molecular formula is C13H17NO. The van der Waals surface area contributed by atoms with Gasteiger partial charge in [-0.05, 0) is 23.1 Å². The van der Waals surface area contributed by atoms with Gasteiger partial charge in [-0.3, -0.25) is 0 Å². The summed E-state index contributed by atoms with van der Waals surface area (Å²) in [6, 6.07) is 6.32. The molecule has 0 atom stereocenters. The molecule has 0 fully saturated rings. The fourth-order valence-corrected chi connectivity index (χ4v) is 1.71. The van der Waals surface area contributed by atoms with Gasteiger partial charge in [0.1, 0.15) is 5.58 Å². The Hall–Kier alpha value is -1.28. The van der Waals surface area contributed by atoms with Crippen LogP contribution in [0.3, 0.4) is 0 Å². The molecule has 2 heteroatoms. The van der Waals surface area contributed by atoms with Crippen molar-refractivity contribution in [1.29, 1.82) is 0 Å². The van der Waals surface area contributed by atoms with E-state index < -0.39 is 0 Å². The predicted octanol–water partition coefficient (Wildman–Crippen LogP) is 3.19. The summed E-state index contributed by atoms with van der Waals surface area (Å²) in [5, 5.41) is 1.14. The Morgan fingerprint density at radius 3 is 2.60 bits per heavy atom. The Bertz CT molecular complexity index is 477. The van der Waals surface area contributed by atoms with Crippen molar-refractivity contribution >= 4 is 11.0 Å².